The van der Waals surface area contributed by atoms with Crippen molar-refractivity contribution in [3.8, 4) is 0 Å². The van der Waals surface area contributed by atoms with Crippen molar-refractivity contribution in [2.24, 2.45) is 5.92 Å². The standard InChI is InChI=1S/C18H26N2O2/c1-14(21)20(2)13-16-9-6-10-17(11-16)19-18(22)12-15-7-4-3-5-8-15/h6,9-11,15H,3-5,7-8,12-13H2,1-2H3,(H,19,22). The highest BCUT2D eigenvalue weighted by Gasteiger charge is 2.17. The van der Waals surface area contributed by atoms with Gasteiger partial charge in [0, 0.05) is 32.6 Å². The van der Waals surface area contributed by atoms with E-state index in [1.807, 2.05) is 24.3 Å². The van der Waals surface area contributed by atoms with E-state index in [9.17, 15) is 9.59 Å². The van der Waals surface area contributed by atoms with Crippen molar-refractivity contribution >= 4 is 17.5 Å². The van der Waals surface area contributed by atoms with Gasteiger partial charge in [0.05, 0.1) is 0 Å². The summed E-state index contributed by atoms with van der Waals surface area (Å²) in [5.41, 5.74) is 1.84. The lowest BCUT2D eigenvalue weighted by Crippen LogP contribution is -2.23. The van der Waals surface area contributed by atoms with Crippen LogP contribution in [-0.4, -0.2) is 23.8 Å². The minimum absolute atomic E-state index is 0.0340. The van der Waals surface area contributed by atoms with E-state index in [4.69, 9.17) is 0 Å². The molecular formula is C18H26N2O2. The van der Waals surface area contributed by atoms with E-state index in [1.54, 1.807) is 18.9 Å². The Labute approximate surface area is 132 Å². The summed E-state index contributed by atoms with van der Waals surface area (Å²) in [4.78, 5) is 25.1. The number of hydrogen-bond donors (Lipinski definition) is 1. The SMILES string of the molecule is CC(=O)N(C)Cc1cccc(NC(=O)CC2CCCCC2)c1. The topological polar surface area (TPSA) is 49.4 Å². The summed E-state index contributed by atoms with van der Waals surface area (Å²) in [7, 11) is 1.77. The minimum atomic E-state index is 0.0340. The first-order valence-electron chi connectivity index (χ1n) is 8.15. The van der Waals surface area contributed by atoms with Gasteiger partial charge in [-0.05, 0) is 36.5 Å². The summed E-state index contributed by atoms with van der Waals surface area (Å²) < 4.78 is 0. The molecule has 0 aliphatic heterocycles. The molecule has 0 spiro atoms. The Kier molecular flexibility index (Phi) is 5.99. The second kappa shape index (κ2) is 7.97. The molecule has 0 radical (unpaired) electrons. The first-order chi connectivity index (χ1) is 10.5. The number of rotatable bonds is 5. The molecule has 1 fully saturated rings. The van der Waals surface area contributed by atoms with Crippen molar-refractivity contribution in [1.29, 1.82) is 0 Å². The highest BCUT2D eigenvalue weighted by Crippen LogP contribution is 2.26. The molecule has 1 aromatic rings. The lowest BCUT2D eigenvalue weighted by Gasteiger charge is -2.21. The minimum Gasteiger partial charge on any atom is -0.342 e. The van der Waals surface area contributed by atoms with E-state index in [0.29, 0.717) is 18.9 Å². The van der Waals surface area contributed by atoms with Crippen LogP contribution >= 0.6 is 0 Å². The van der Waals surface area contributed by atoms with Crippen LogP contribution in [0.3, 0.4) is 0 Å². The molecule has 1 saturated carbocycles. The molecule has 22 heavy (non-hydrogen) atoms. The summed E-state index contributed by atoms with van der Waals surface area (Å²) in [5, 5.41) is 2.99. The van der Waals surface area contributed by atoms with Crippen LogP contribution in [0, 0.1) is 5.92 Å². The highest BCUT2D eigenvalue weighted by molar-refractivity contribution is 5.90. The van der Waals surface area contributed by atoms with Gasteiger partial charge in [0.15, 0.2) is 0 Å². The predicted molar refractivity (Wildman–Crippen MR) is 88.4 cm³/mol. The Morgan fingerprint density at radius 2 is 1.95 bits per heavy atom. The Morgan fingerprint density at radius 1 is 1.23 bits per heavy atom. The molecule has 0 atom stereocenters. The van der Waals surface area contributed by atoms with Gasteiger partial charge >= 0.3 is 0 Å². The molecular weight excluding hydrogens is 276 g/mol. The van der Waals surface area contributed by atoms with Crippen LogP contribution in [0.5, 0.6) is 0 Å². The number of carbonyl (C=O) groups is 2. The number of carbonyl (C=O) groups excluding carboxylic acids is 2. The zero-order valence-electron chi connectivity index (χ0n) is 13.6. The van der Waals surface area contributed by atoms with Crippen LogP contribution in [0.15, 0.2) is 24.3 Å². The number of amides is 2. The van der Waals surface area contributed by atoms with Crippen LogP contribution in [0.1, 0.15) is 51.0 Å². The van der Waals surface area contributed by atoms with E-state index in [-0.39, 0.29) is 11.8 Å². The smallest absolute Gasteiger partial charge is 0.224 e. The number of nitrogens with one attached hydrogen (secondary N) is 1. The number of anilines is 1. The first-order valence-corrected chi connectivity index (χ1v) is 8.15. The summed E-state index contributed by atoms with van der Waals surface area (Å²) >= 11 is 0. The molecule has 0 saturated heterocycles. The molecule has 1 aromatic carbocycles. The van der Waals surface area contributed by atoms with Gasteiger partial charge in [-0.15, -0.1) is 0 Å². The van der Waals surface area contributed by atoms with Gasteiger partial charge in [-0.3, -0.25) is 9.59 Å². The van der Waals surface area contributed by atoms with Gasteiger partial charge < -0.3 is 10.2 Å². The fourth-order valence-electron chi connectivity index (χ4n) is 3.00. The second-order valence-electron chi connectivity index (χ2n) is 6.33. The van der Waals surface area contributed by atoms with Gasteiger partial charge in [0.2, 0.25) is 11.8 Å². The van der Waals surface area contributed by atoms with Crippen molar-refractivity contribution in [3.05, 3.63) is 29.8 Å². The average molecular weight is 302 g/mol. The van der Waals surface area contributed by atoms with E-state index in [0.717, 1.165) is 11.3 Å². The van der Waals surface area contributed by atoms with Crippen LogP contribution in [0.2, 0.25) is 0 Å². The van der Waals surface area contributed by atoms with Gasteiger partial charge in [-0.25, -0.2) is 0 Å². The number of benzene rings is 1. The molecule has 4 heteroatoms. The molecule has 1 aliphatic carbocycles. The summed E-state index contributed by atoms with van der Waals surface area (Å²) in [6.45, 7) is 2.11. The maximum absolute atomic E-state index is 12.1. The molecule has 120 valence electrons. The Balaban J connectivity index is 1.89. The summed E-state index contributed by atoms with van der Waals surface area (Å²) in [5.74, 6) is 0.677. The Bertz CT molecular complexity index is 522. The molecule has 0 aromatic heterocycles. The monoisotopic (exact) mass is 302 g/mol. The van der Waals surface area contributed by atoms with Crippen molar-refractivity contribution in [2.45, 2.75) is 52.0 Å². The van der Waals surface area contributed by atoms with Crippen LogP contribution in [0.25, 0.3) is 0 Å². The van der Waals surface area contributed by atoms with Crippen molar-refractivity contribution in [2.75, 3.05) is 12.4 Å². The summed E-state index contributed by atoms with van der Waals surface area (Å²) in [6.07, 6.45) is 6.80. The third kappa shape index (κ3) is 5.17. The van der Waals surface area contributed by atoms with Gasteiger partial charge in [-0.2, -0.15) is 0 Å². The van der Waals surface area contributed by atoms with Gasteiger partial charge in [-0.1, -0.05) is 31.4 Å². The molecule has 0 bridgehead atoms. The molecule has 2 rings (SSSR count). The van der Waals surface area contributed by atoms with Gasteiger partial charge in [0.25, 0.3) is 0 Å². The molecule has 1 N–H and O–H groups in total. The average Bonchev–Trinajstić information content (AvgIpc) is 2.48. The van der Waals surface area contributed by atoms with Crippen molar-refractivity contribution < 1.29 is 9.59 Å². The summed E-state index contributed by atoms with van der Waals surface area (Å²) in [6, 6.07) is 7.73. The number of hydrogen-bond acceptors (Lipinski definition) is 2. The fraction of sp³-hybridized carbons (Fsp3) is 0.556. The molecule has 1 aliphatic rings. The van der Waals surface area contributed by atoms with Crippen LogP contribution in [-0.2, 0) is 16.1 Å². The van der Waals surface area contributed by atoms with E-state index >= 15 is 0 Å². The van der Waals surface area contributed by atoms with E-state index in [2.05, 4.69) is 5.32 Å². The maximum Gasteiger partial charge on any atom is 0.224 e. The maximum atomic E-state index is 12.1. The van der Waals surface area contributed by atoms with E-state index < -0.39 is 0 Å². The third-order valence-corrected chi connectivity index (χ3v) is 4.37. The Morgan fingerprint density at radius 3 is 2.64 bits per heavy atom. The largest absolute Gasteiger partial charge is 0.342 e. The van der Waals surface area contributed by atoms with E-state index in [1.165, 1.54) is 32.1 Å². The second-order valence-corrected chi connectivity index (χ2v) is 6.33. The zero-order chi connectivity index (χ0) is 15.9. The lowest BCUT2D eigenvalue weighted by atomic mass is 9.87. The molecule has 0 unspecified atom stereocenters. The molecule has 4 nitrogen and oxygen atoms in total. The highest BCUT2D eigenvalue weighted by atomic mass is 16.2. The molecule has 2 amide bonds. The lowest BCUT2D eigenvalue weighted by molar-refractivity contribution is -0.128. The third-order valence-electron chi connectivity index (χ3n) is 4.37. The molecule has 0 heterocycles. The van der Waals surface area contributed by atoms with Gasteiger partial charge in [0.1, 0.15) is 0 Å². The number of nitrogens with zero attached hydrogens (tertiary/aromatic N) is 1. The predicted octanol–water partition coefficient (Wildman–Crippen LogP) is 3.57. The van der Waals surface area contributed by atoms with Crippen LogP contribution < -0.4 is 5.32 Å². The van der Waals surface area contributed by atoms with Crippen LogP contribution in [0.4, 0.5) is 5.69 Å². The zero-order valence-corrected chi connectivity index (χ0v) is 13.6. The van der Waals surface area contributed by atoms with Crippen molar-refractivity contribution in [3.63, 3.8) is 0 Å². The first kappa shape index (κ1) is 16.5. The van der Waals surface area contributed by atoms with Crippen molar-refractivity contribution in [1.82, 2.24) is 4.90 Å². The quantitative estimate of drug-likeness (QED) is 0.904. The normalized spacial score (nSPS) is 15.4. The fourth-order valence-corrected chi connectivity index (χ4v) is 3.00. The Hall–Kier alpha value is -1.84.